The van der Waals surface area contributed by atoms with Crippen LogP contribution in [0.2, 0.25) is 5.02 Å². The number of pyridine rings is 1. The first-order valence-corrected chi connectivity index (χ1v) is 10.9. The van der Waals surface area contributed by atoms with Crippen LogP contribution in [0.5, 0.6) is 0 Å². The highest BCUT2D eigenvalue weighted by molar-refractivity contribution is 6.31. The fourth-order valence-corrected chi connectivity index (χ4v) is 5.46. The zero-order valence-electron chi connectivity index (χ0n) is 17.6. The molecule has 1 spiro atoms. The second-order valence-electron chi connectivity index (χ2n) is 9.42. The van der Waals surface area contributed by atoms with Crippen LogP contribution >= 0.6 is 11.6 Å². The van der Waals surface area contributed by atoms with E-state index < -0.39 is 11.6 Å². The average molecular weight is 441 g/mol. The Morgan fingerprint density at radius 1 is 1.10 bits per heavy atom. The third kappa shape index (κ3) is 3.14. The van der Waals surface area contributed by atoms with Crippen molar-refractivity contribution < 1.29 is 14.7 Å². The maximum absolute atomic E-state index is 13.2. The fraction of sp³-hybridized carbons (Fsp3) is 0.435. The standard InChI is InChI=1S/C23H25ClN4O3/c1-22(2)19-9-15(24)3-4-18(19)20(29)28(22)17-10-16(11-25-12-17)27-13-23(14-27)5-7-26(8-6-23)21(30)31/h3-4,9-12H,5-8,13-14H2,1-2H3,(H,30,31). The first kappa shape index (κ1) is 20.1. The van der Waals surface area contributed by atoms with E-state index in [1.54, 1.807) is 23.2 Å². The number of amides is 2. The van der Waals surface area contributed by atoms with Crippen molar-refractivity contribution in [3.63, 3.8) is 0 Å². The van der Waals surface area contributed by atoms with Gasteiger partial charge in [0.05, 0.1) is 29.3 Å². The smallest absolute Gasteiger partial charge is 0.407 e. The molecule has 1 N–H and O–H groups in total. The van der Waals surface area contributed by atoms with Crippen LogP contribution in [0.3, 0.4) is 0 Å². The minimum absolute atomic E-state index is 0.0447. The SMILES string of the molecule is CC1(C)c2cc(Cl)ccc2C(=O)N1c1cncc(N2CC3(CCN(C(=O)O)CC3)C2)c1. The number of carbonyl (C=O) groups excluding carboxylic acids is 1. The molecule has 162 valence electrons. The lowest BCUT2D eigenvalue weighted by Gasteiger charge is -2.54. The van der Waals surface area contributed by atoms with E-state index in [0.29, 0.717) is 23.7 Å². The Morgan fingerprint density at radius 2 is 1.77 bits per heavy atom. The van der Waals surface area contributed by atoms with Gasteiger partial charge in [0, 0.05) is 42.2 Å². The number of likely N-dealkylation sites (tertiary alicyclic amines) is 1. The molecule has 3 aliphatic heterocycles. The summed E-state index contributed by atoms with van der Waals surface area (Å²) in [5.74, 6) is -0.0447. The largest absolute Gasteiger partial charge is 0.465 e. The van der Waals surface area contributed by atoms with Crippen LogP contribution in [0.4, 0.5) is 16.2 Å². The van der Waals surface area contributed by atoms with E-state index in [1.165, 1.54) is 4.90 Å². The van der Waals surface area contributed by atoms with E-state index in [9.17, 15) is 14.7 Å². The summed E-state index contributed by atoms with van der Waals surface area (Å²) in [6, 6.07) is 7.44. The summed E-state index contributed by atoms with van der Waals surface area (Å²) in [5.41, 5.74) is 2.99. The molecular formula is C23H25ClN4O3. The van der Waals surface area contributed by atoms with Crippen molar-refractivity contribution in [2.45, 2.75) is 32.2 Å². The molecule has 3 aliphatic rings. The summed E-state index contributed by atoms with van der Waals surface area (Å²) in [5, 5.41) is 9.79. The molecule has 0 atom stereocenters. The van der Waals surface area contributed by atoms with Gasteiger partial charge in [0.15, 0.2) is 0 Å². The van der Waals surface area contributed by atoms with Crippen molar-refractivity contribution >= 4 is 35.0 Å². The Morgan fingerprint density at radius 3 is 2.45 bits per heavy atom. The number of anilines is 2. The van der Waals surface area contributed by atoms with Gasteiger partial charge >= 0.3 is 6.09 Å². The number of nitrogens with zero attached hydrogens (tertiary/aromatic N) is 4. The lowest BCUT2D eigenvalue weighted by atomic mass is 9.72. The van der Waals surface area contributed by atoms with Crippen molar-refractivity contribution in [2.75, 3.05) is 36.0 Å². The monoisotopic (exact) mass is 440 g/mol. The number of fused-ring (bicyclic) bond motifs is 1. The van der Waals surface area contributed by atoms with Crippen LogP contribution in [0.25, 0.3) is 0 Å². The number of carbonyl (C=O) groups is 2. The van der Waals surface area contributed by atoms with E-state index in [4.69, 9.17) is 11.6 Å². The Kier molecular flexibility index (Phi) is 4.45. The lowest BCUT2D eigenvalue weighted by molar-refractivity contribution is 0.0710. The maximum Gasteiger partial charge on any atom is 0.407 e. The maximum atomic E-state index is 13.2. The van der Waals surface area contributed by atoms with E-state index in [1.807, 2.05) is 32.2 Å². The molecule has 2 fully saturated rings. The van der Waals surface area contributed by atoms with E-state index in [2.05, 4.69) is 9.88 Å². The third-order valence-electron chi connectivity index (χ3n) is 7.11. The molecule has 0 unspecified atom stereocenters. The number of benzene rings is 1. The van der Waals surface area contributed by atoms with Gasteiger partial charge in [-0.25, -0.2) is 4.79 Å². The zero-order chi connectivity index (χ0) is 22.0. The summed E-state index contributed by atoms with van der Waals surface area (Å²) < 4.78 is 0. The summed E-state index contributed by atoms with van der Waals surface area (Å²) in [6.45, 7) is 7.01. The topological polar surface area (TPSA) is 77.0 Å². The minimum atomic E-state index is -0.830. The molecule has 5 rings (SSSR count). The van der Waals surface area contributed by atoms with Gasteiger partial charge in [-0.2, -0.15) is 0 Å². The van der Waals surface area contributed by atoms with Gasteiger partial charge in [-0.05, 0) is 56.5 Å². The summed E-state index contributed by atoms with van der Waals surface area (Å²) >= 11 is 6.20. The highest BCUT2D eigenvalue weighted by atomic mass is 35.5. The van der Waals surface area contributed by atoms with Crippen molar-refractivity contribution in [1.82, 2.24) is 9.88 Å². The van der Waals surface area contributed by atoms with Crippen LogP contribution in [-0.4, -0.2) is 53.2 Å². The van der Waals surface area contributed by atoms with Crippen molar-refractivity contribution in [2.24, 2.45) is 5.41 Å². The van der Waals surface area contributed by atoms with Crippen LogP contribution in [0.15, 0.2) is 36.7 Å². The first-order valence-electron chi connectivity index (χ1n) is 10.5. The molecule has 0 bridgehead atoms. The molecule has 8 heteroatoms. The number of hydrogen-bond acceptors (Lipinski definition) is 4. The molecule has 2 amide bonds. The molecule has 0 radical (unpaired) electrons. The molecule has 1 aromatic heterocycles. The number of aromatic nitrogens is 1. The molecule has 0 saturated carbocycles. The number of hydrogen-bond donors (Lipinski definition) is 1. The van der Waals surface area contributed by atoms with Crippen LogP contribution in [-0.2, 0) is 5.54 Å². The number of piperidine rings is 1. The van der Waals surface area contributed by atoms with Crippen molar-refractivity contribution in [3.8, 4) is 0 Å². The van der Waals surface area contributed by atoms with E-state index in [-0.39, 0.29) is 11.3 Å². The predicted octanol–water partition coefficient (Wildman–Crippen LogP) is 4.21. The van der Waals surface area contributed by atoms with Gasteiger partial charge in [0.1, 0.15) is 0 Å². The Hall–Kier alpha value is -2.80. The van der Waals surface area contributed by atoms with Gasteiger partial charge in [0.2, 0.25) is 0 Å². The van der Waals surface area contributed by atoms with Gasteiger partial charge in [-0.3, -0.25) is 14.7 Å². The molecule has 2 aromatic rings. The molecule has 7 nitrogen and oxygen atoms in total. The Balaban J connectivity index is 1.35. The molecule has 1 aromatic carbocycles. The normalized spacial score (nSPS) is 21.3. The van der Waals surface area contributed by atoms with Gasteiger partial charge in [-0.15, -0.1) is 0 Å². The summed E-state index contributed by atoms with van der Waals surface area (Å²) in [4.78, 5) is 34.4. The van der Waals surface area contributed by atoms with Crippen LogP contribution < -0.4 is 9.80 Å². The quantitative estimate of drug-likeness (QED) is 0.756. The number of carboxylic acid groups (broad SMARTS) is 1. The molecule has 2 saturated heterocycles. The second-order valence-corrected chi connectivity index (χ2v) is 9.85. The molecule has 0 aliphatic carbocycles. The number of halogens is 1. The third-order valence-corrected chi connectivity index (χ3v) is 7.35. The molecule has 4 heterocycles. The van der Waals surface area contributed by atoms with Crippen LogP contribution in [0.1, 0.15) is 42.6 Å². The average Bonchev–Trinajstić information content (AvgIpc) is 2.91. The predicted molar refractivity (Wildman–Crippen MR) is 119 cm³/mol. The Bertz CT molecular complexity index is 1070. The fourth-order valence-electron chi connectivity index (χ4n) is 5.29. The Labute approximate surface area is 186 Å². The molecular weight excluding hydrogens is 416 g/mol. The summed E-state index contributed by atoms with van der Waals surface area (Å²) in [7, 11) is 0. The van der Waals surface area contributed by atoms with E-state index >= 15 is 0 Å². The van der Waals surface area contributed by atoms with E-state index in [0.717, 1.165) is 42.9 Å². The summed E-state index contributed by atoms with van der Waals surface area (Å²) in [6.07, 6.45) is 4.51. The first-order chi connectivity index (χ1) is 14.7. The highest BCUT2D eigenvalue weighted by Crippen LogP contribution is 2.45. The van der Waals surface area contributed by atoms with Gasteiger partial charge in [0.25, 0.3) is 5.91 Å². The lowest BCUT2D eigenvalue weighted by Crippen LogP contribution is -2.61. The van der Waals surface area contributed by atoms with Crippen LogP contribution in [0, 0.1) is 5.41 Å². The molecule has 31 heavy (non-hydrogen) atoms. The second kappa shape index (κ2) is 6.85. The minimum Gasteiger partial charge on any atom is -0.465 e. The van der Waals surface area contributed by atoms with Gasteiger partial charge < -0.3 is 14.9 Å². The zero-order valence-corrected chi connectivity index (χ0v) is 18.4. The van der Waals surface area contributed by atoms with Crippen molar-refractivity contribution in [1.29, 1.82) is 0 Å². The highest BCUT2D eigenvalue weighted by Gasteiger charge is 2.47. The number of rotatable bonds is 2. The van der Waals surface area contributed by atoms with Gasteiger partial charge in [-0.1, -0.05) is 11.6 Å². The van der Waals surface area contributed by atoms with Crippen molar-refractivity contribution in [3.05, 3.63) is 52.8 Å².